The van der Waals surface area contributed by atoms with Crippen LogP contribution in [0.2, 0.25) is 0 Å². The van der Waals surface area contributed by atoms with Gasteiger partial charge < -0.3 is 15.0 Å². The van der Waals surface area contributed by atoms with E-state index in [1.807, 2.05) is 0 Å². The van der Waals surface area contributed by atoms with E-state index in [-0.39, 0.29) is 0 Å². The molecule has 17 heavy (non-hydrogen) atoms. The molecule has 102 valence electrons. The molecular weight excluding hydrogens is 212 g/mol. The lowest BCUT2D eigenvalue weighted by atomic mass is 10.1. The third kappa shape index (κ3) is 7.02. The lowest BCUT2D eigenvalue weighted by molar-refractivity contribution is 0.158. The normalized spacial score (nSPS) is 20.3. The van der Waals surface area contributed by atoms with Gasteiger partial charge in [0.15, 0.2) is 0 Å². The number of unbranched alkanes of at least 4 members (excludes halogenated alkanes) is 3. The van der Waals surface area contributed by atoms with E-state index in [2.05, 4.69) is 24.2 Å². The van der Waals surface area contributed by atoms with E-state index < -0.39 is 0 Å². The maximum Gasteiger partial charge on any atom is 0.0622 e. The zero-order valence-corrected chi connectivity index (χ0v) is 11.7. The van der Waals surface area contributed by atoms with Gasteiger partial charge in [0.1, 0.15) is 0 Å². The highest BCUT2D eigenvalue weighted by atomic mass is 16.5. The highest BCUT2D eigenvalue weighted by Crippen LogP contribution is 2.11. The second kappa shape index (κ2) is 9.86. The molecule has 0 amide bonds. The minimum Gasteiger partial charge on any atom is -0.380 e. The Bertz CT molecular complexity index is 170. The van der Waals surface area contributed by atoms with Crippen molar-refractivity contribution < 1.29 is 4.74 Å². The van der Waals surface area contributed by atoms with E-state index in [0.717, 1.165) is 13.2 Å². The fourth-order valence-corrected chi connectivity index (χ4v) is 2.32. The number of nitrogens with zero attached hydrogens (tertiary/aromatic N) is 1. The molecule has 0 radical (unpaired) electrons. The molecule has 1 aliphatic rings. The molecule has 0 aromatic rings. The van der Waals surface area contributed by atoms with Crippen molar-refractivity contribution >= 4 is 0 Å². The lowest BCUT2D eigenvalue weighted by Crippen LogP contribution is -2.32. The largest absolute Gasteiger partial charge is 0.380 e. The lowest BCUT2D eigenvalue weighted by Gasteiger charge is -2.22. The summed E-state index contributed by atoms with van der Waals surface area (Å²) in [7, 11) is 2.24. The van der Waals surface area contributed by atoms with E-state index in [1.165, 1.54) is 58.2 Å². The summed E-state index contributed by atoms with van der Waals surface area (Å²) in [5.74, 6) is 0. The Labute approximate surface area is 107 Å². The van der Waals surface area contributed by atoms with Crippen LogP contribution >= 0.6 is 0 Å². The van der Waals surface area contributed by atoms with Gasteiger partial charge in [0.2, 0.25) is 0 Å². The number of likely N-dealkylation sites (N-methyl/N-ethyl adjacent to an activating group) is 1. The van der Waals surface area contributed by atoms with Crippen molar-refractivity contribution in [1.29, 1.82) is 0 Å². The first kappa shape index (κ1) is 14.9. The van der Waals surface area contributed by atoms with Crippen molar-refractivity contribution in [3.05, 3.63) is 0 Å². The predicted octanol–water partition coefficient (Wildman–Crippen LogP) is 2.27. The molecule has 1 atom stereocenters. The average Bonchev–Trinajstić information content (AvgIpc) is 2.86. The highest BCUT2D eigenvalue weighted by molar-refractivity contribution is 4.72. The van der Waals surface area contributed by atoms with Crippen LogP contribution in [0.4, 0.5) is 0 Å². The van der Waals surface area contributed by atoms with Crippen molar-refractivity contribution in [1.82, 2.24) is 10.2 Å². The van der Waals surface area contributed by atoms with Crippen LogP contribution in [0, 0.1) is 0 Å². The summed E-state index contributed by atoms with van der Waals surface area (Å²) in [6.07, 6.45) is 7.86. The van der Waals surface area contributed by atoms with Gasteiger partial charge in [0.05, 0.1) is 6.61 Å². The monoisotopic (exact) mass is 242 g/mol. The van der Waals surface area contributed by atoms with Crippen LogP contribution in [-0.4, -0.2) is 50.8 Å². The van der Waals surface area contributed by atoms with Crippen LogP contribution in [0.5, 0.6) is 0 Å². The van der Waals surface area contributed by atoms with Crippen LogP contribution in [0.1, 0.15) is 45.4 Å². The SMILES string of the molecule is CCCNCCCCCCN(C)C1CCOC1. The molecule has 0 bridgehead atoms. The van der Waals surface area contributed by atoms with Gasteiger partial charge >= 0.3 is 0 Å². The smallest absolute Gasteiger partial charge is 0.0622 e. The number of hydrogen-bond acceptors (Lipinski definition) is 3. The molecule has 0 aromatic carbocycles. The fraction of sp³-hybridized carbons (Fsp3) is 1.00. The van der Waals surface area contributed by atoms with Gasteiger partial charge in [-0.25, -0.2) is 0 Å². The van der Waals surface area contributed by atoms with Crippen molar-refractivity contribution in [3.63, 3.8) is 0 Å². The summed E-state index contributed by atoms with van der Waals surface area (Å²) in [5.41, 5.74) is 0. The van der Waals surface area contributed by atoms with E-state index in [4.69, 9.17) is 4.74 Å². The van der Waals surface area contributed by atoms with Crippen LogP contribution < -0.4 is 5.32 Å². The Balaban J connectivity index is 1.83. The summed E-state index contributed by atoms with van der Waals surface area (Å²) < 4.78 is 5.41. The van der Waals surface area contributed by atoms with Crippen LogP contribution in [0.15, 0.2) is 0 Å². The molecule has 1 heterocycles. The summed E-state index contributed by atoms with van der Waals surface area (Å²) in [4.78, 5) is 2.47. The highest BCUT2D eigenvalue weighted by Gasteiger charge is 2.19. The second-order valence-corrected chi connectivity index (χ2v) is 5.16. The molecule has 0 aliphatic carbocycles. The minimum atomic E-state index is 0.682. The molecule has 1 N–H and O–H groups in total. The molecule has 1 unspecified atom stereocenters. The standard InChI is InChI=1S/C14H30N2O/c1-3-9-15-10-6-4-5-7-11-16(2)14-8-12-17-13-14/h14-15H,3-13H2,1-2H3. The van der Waals surface area contributed by atoms with Crippen molar-refractivity contribution in [2.24, 2.45) is 0 Å². The quantitative estimate of drug-likeness (QED) is 0.595. The summed E-state index contributed by atoms with van der Waals surface area (Å²) >= 11 is 0. The van der Waals surface area contributed by atoms with Gasteiger partial charge in [-0.2, -0.15) is 0 Å². The van der Waals surface area contributed by atoms with Crippen molar-refractivity contribution in [3.8, 4) is 0 Å². The predicted molar refractivity (Wildman–Crippen MR) is 73.5 cm³/mol. The van der Waals surface area contributed by atoms with Gasteiger partial charge in [0.25, 0.3) is 0 Å². The van der Waals surface area contributed by atoms with Crippen molar-refractivity contribution in [2.75, 3.05) is 39.9 Å². The molecule has 0 aromatic heterocycles. The first-order chi connectivity index (χ1) is 8.34. The van der Waals surface area contributed by atoms with Gasteiger partial charge in [-0.15, -0.1) is 0 Å². The Kier molecular flexibility index (Phi) is 8.67. The maximum absolute atomic E-state index is 5.41. The Morgan fingerprint density at radius 1 is 1.18 bits per heavy atom. The molecule has 1 rings (SSSR count). The second-order valence-electron chi connectivity index (χ2n) is 5.16. The number of hydrogen-bond donors (Lipinski definition) is 1. The summed E-state index contributed by atoms with van der Waals surface area (Å²) in [6, 6.07) is 0.682. The Hall–Kier alpha value is -0.120. The topological polar surface area (TPSA) is 24.5 Å². The first-order valence-corrected chi connectivity index (χ1v) is 7.33. The minimum absolute atomic E-state index is 0.682. The van der Waals surface area contributed by atoms with Crippen LogP contribution in [0.3, 0.4) is 0 Å². The molecular formula is C14H30N2O. The number of ether oxygens (including phenoxy) is 1. The third-order valence-electron chi connectivity index (χ3n) is 3.57. The molecule has 3 nitrogen and oxygen atoms in total. The summed E-state index contributed by atoms with van der Waals surface area (Å²) in [6.45, 7) is 7.71. The Morgan fingerprint density at radius 2 is 2.00 bits per heavy atom. The van der Waals surface area contributed by atoms with E-state index >= 15 is 0 Å². The zero-order valence-electron chi connectivity index (χ0n) is 11.7. The number of rotatable bonds is 10. The molecule has 0 spiro atoms. The van der Waals surface area contributed by atoms with Crippen LogP contribution in [-0.2, 0) is 4.74 Å². The molecule has 1 saturated heterocycles. The van der Waals surface area contributed by atoms with E-state index in [0.29, 0.717) is 6.04 Å². The maximum atomic E-state index is 5.41. The van der Waals surface area contributed by atoms with E-state index in [9.17, 15) is 0 Å². The van der Waals surface area contributed by atoms with Gasteiger partial charge in [0, 0.05) is 12.6 Å². The molecule has 3 heteroatoms. The van der Waals surface area contributed by atoms with Crippen LogP contribution in [0.25, 0.3) is 0 Å². The molecule has 0 saturated carbocycles. The third-order valence-corrected chi connectivity index (χ3v) is 3.57. The van der Waals surface area contributed by atoms with E-state index in [1.54, 1.807) is 0 Å². The van der Waals surface area contributed by atoms with Gasteiger partial charge in [-0.1, -0.05) is 19.8 Å². The first-order valence-electron chi connectivity index (χ1n) is 7.33. The zero-order chi connectivity index (χ0) is 12.3. The van der Waals surface area contributed by atoms with Crippen molar-refractivity contribution in [2.45, 2.75) is 51.5 Å². The van der Waals surface area contributed by atoms with Gasteiger partial charge in [-0.3, -0.25) is 0 Å². The Morgan fingerprint density at radius 3 is 2.71 bits per heavy atom. The molecule has 1 fully saturated rings. The number of nitrogens with one attached hydrogen (secondary N) is 1. The molecule has 1 aliphatic heterocycles. The average molecular weight is 242 g/mol. The summed E-state index contributed by atoms with van der Waals surface area (Å²) in [5, 5.41) is 3.45. The fourth-order valence-electron chi connectivity index (χ4n) is 2.32. The van der Waals surface area contributed by atoms with Gasteiger partial charge in [-0.05, 0) is 52.4 Å².